The number of aliphatic hydroxyl groups is 2. The molecule has 160 valence electrons. The van der Waals surface area contributed by atoms with Crippen LogP contribution in [0.25, 0.3) is 11.2 Å². The van der Waals surface area contributed by atoms with Gasteiger partial charge in [-0.25, -0.2) is 24.5 Å². The van der Waals surface area contributed by atoms with Crippen LogP contribution in [0.4, 0.5) is 4.39 Å². The van der Waals surface area contributed by atoms with Gasteiger partial charge in [0.05, 0.1) is 18.6 Å². The lowest BCUT2D eigenvalue weighted by Gasteiger charge is -2.16. The predicted octanol–water partition coefficient (Wildman–Crippen LogP) is -0.605. The summed E-state index contributed by atoms with van der Waals surface area (Å²) in [5.74, 6) is -0.345. The van der Waals surface area contributed by atoms with Crippen LogP contribution in [0.5, 0.6) is 0 Å². The SMILES string of the molecule is NS(=O)(=O)OC[C@H]1O[C@@H](n2cnc3c(Cc4ccc(F)cc4)ncnc32)[C@H](O)[C@@H]1O. The van der Waals surface area contributed by atoms with Crippen molar-refractivity contribution in [3.8, 4) is 0 Å². The zero-order valence-corrected chi connectivity index (χ0v) is 16.2. The van der Waals surface area contributed by atoms with Gasteiger partial charge in [0, 0.05) is 6.42 Å². The largest absolute Gasteiger partial charge is 0.387 e. The number of imidazole rings is 1. The number of nitrogens with two attached hydrogens (primary N) is 1. The molecule has 1 fully saturated rings. The maximum atomic E-state index is 13.1. The molecule has 4 N–H and O–H groups in total. The summed E-state index contributed by atoms with van der Waals surface area (Å²) in [5.41, 5.74) is 2.17. The highest BCUT2D eigenvalue weighted by Crippen LogP contribution is 2.32. The van der Waals surface area contributed by atoms with Gasteiger partial charge in [0.2, 0.25) is 0 Å². The molecule has 13 heteroatoms. The summed E-state index contributed by atoms with van der Waals surface area (Å²) in [6, 6.07) is 5.97. The molecule has 2 aromatic heterocycles. The highest BCUT2D eigenvalue weighted by atomic mass is 32.2. The second-order valence-corrected chi connectivity index (χ2v) is 7.99. The van der Waals surface area contributed by atoms with Gasteiger partial charge in [-0.3, -0.25) is 8.75 Å². The topological polar surface area (TPSA) is 163 Å². The van der Waals surface area contributed by atoms with Gasteiger partial charge in [-0.05, 0) is 17.7 Å². The summed E-state index contributed by atoms with van der Waals surface area (Å²) in [4.78, 5) is 12.7. The molecule has 0 amide bonds. The number of benzene rings is 1. The number of aliphatic hydroxyl groups excluding tert-OH is 2. The lowest BCUT2D eigenvalue weighted by atomic mass is 10.1. The van der Waals surface area contributed by atoms with Crippen molar-refractivity contribution in [2.24, 2.45) is 5.14 Å². The third-order valence-corrected chi connectivity index (χ3v) is 5.19. The van der Waals surface area contributed by atoms with Gasteiger partial charge in [-0.15, -0.1) is 0 Å². The maximum Gasteiger partial charge on any atom is 0.333 e. The Bertz CT molecular complexity index is 1160. The fourth-order valence-electron chi connectivity index (χ4n) is 3.27. The molecule has 3 aromatic rings. The summed E-state index contributed by atoms with van der Waals surface area (Å²) in [5, 5.41) is 25.3. The Morgan fingerprint density at radius 3 is 2.60 bits per heavy atom. The minimum Gasteiger partial charge on any atom is -0.387 e. The molecule has 11 nitrogen and oxygen atoms in total. The van der Waals surface area contributed by atoms with E-state index in [4.69, 9.17) is 9.88 Å². The van der Waals surface area contributed by atoms with E-state index in [1.54, 1.807) is 12.1 Å². The van der Waals surface area contributed by atoms with E-state index >= 15 is 0 Å². The lowest BCUT2D eigenvalue weighted by molar-refractivity contribution is -0.0467. The first-order valence-corrected chi connectivity index (χ1v) is 10.3. The van der Waals surface area contributed by atoms with Crippen LogP contribution in [0.2, 0.25) is 0 Å². The van der Waals surface area contributed by atoms with Crippen LogP contribution in [-0.2, 0) is 25.6 Å². The highest BCUT2D eigenvalue weighted by Gasteiger charge is 2.44. The van der Waals surface area contributed by atoms with Gasteiger partial charge in [0.15, 0.2) is 11.9 Å². The van der Waals surface area contributed by atoms with Crippen LogP contribution in [0.15, 0.2) is 36.9 Å². The predicted molar refractivity (Wildman–Crippen MR) is 99.5 cm³/mol. The molecule has 1 saturated heterocycles. The Hall–Kier alpha value is -2.55. The summed E-state index contributed by atoms with van der Waals surface area (Å²) >= 11 is 0. The molecule has 4 rings (SSSR count). The molecule has 0 radical (unpaired) electrons. The van der Waals surface area contributed by atoms with Gasteiger partial charge >= 0.3 is 10.3 Å². The minimum absolute atomic E-state index is 0.339. The number of nitrogens with zero attached hydrogens (tertiary/aromatic N) is 4. The molecule has 0 unspecified atom stereocenters. The zero-order valence-electron chi connectivity index (χ0n) is 15.4. The van der Waals surface area contributed by atoms with Crippen LogP contribution < -0.4 is 5.14 Å². The van der Waals surface area contributed by atoms with Crippen molar-refractivity contribution in [1.82, 2.24) is 19.5 Å². The molecule has 0 aliphatic carbocycles. The van der Waals surface area contributed by atoms with Crippen molar-refractivity contribution in [3.63, 3.8) is 0 Å². The number of hydrogen-bond acceptors (Lipinski definition) is 9. The fourth-order valence-corrected chi connectivity index (χ4v) is 3.59. The van der Waals surface area contributed by atoms with E-state index in [9.17, 15) is 23.0 Å². The first kappa shape index (κ1) is 20.7. The average molecular weight is 439 g/mol. The molecule has 1 aliphatic rings. The number of rotatable bonds is 6. The van der Waals surface area contributed by atoms with E-state index in [2.05, 4.69) is 19.1 Å². The summed E-state index contributed by atoms with van der Waals surface area (Å²) in [7, 11) is -4.23. The van der Waals surface area contributed by atoms with E-state index in [1.807, 2.05) is 0 Å². The second kappa shape index (κ2) is 7.94. The van der Waals surface area contributed by atoms with E-state index in [-0.39, 0.29) is 5.82 Å². The molecule has 1 aromatic carbocycles. The zero-order chi connectivity index (χ0) is 21.5. The third kappa shape index (κ3) is 4.16. The number of fused-ring (bicyclic) bond motifs is 1. The molecular formula is C17H18FN5O6S. The first-order valence-electron chi connectivity index (χ1n) is 8.82. The summed E-state index contributed by atoms with van der Waals surface area (Å²) in [6.07, 6.45) is -1.98. The second-order valence-electron chi connectivity index (χ2n) is 6.77. The molecule has 4 atom stereocenters. The van der Waals surface area contributed by atoms with Crippen LogP contribution in [0.1, 0.15) is 17.5 Å². The van der Waals surface area contributed by atoms with Gasteiger partial charge in [-0.2, -0.15) is 8.42 Å². The van der Waals surface area contributed by atoms with Crippen molar-refractivity contribution in [2.75, 3.05) is 6.61 Å². The lowest BCUT2D eigenvalue weighted by Crippen LogP contribution is -2.35. The summed E-state index contributed by atoms with van der Waals surface area (Å²) in [6.45, 7) is -0.564. The Kier molecular flexibility index (Phi) is 5.48. The molecule has 0 spiro atoms. The molecular weight excluding hydrogens is 421 g/mol. The van der Waals surface area contributed by atoms with Gasteiger partial charge in [0.1, 0.15) is 36.0 Å². The summed E-state index contributed by atoms with van der Waals surface area (Å²) < 4.78 is 46.5. The smallest absolute Gasteiger partial charge is 0.333 e. The van der Waals surface area contributed by atoms with E-state index < -0.39 is 41.5 Å². The van der Waals surface area contributed by atoms with Gasteiger partial charge < -0.3 is 14.9 Å². The quantitative estimate of drug-likeness (QED) is 0.455. The number of hydrogen-bond donors (Lipinski definition) is 3. The standard InChI is InChI=1S/C17H18FN5O6S/c18-10-3-1-9(2-4-10)5-11-13-16(21-7-20-11)23(8-22-13)17-15(25)14(24)12(29-17)6-28-30(19,26)27/h1-4,7-8,12,14-15,17,24-25H,5-6H2,(H2,19,26,27)/t12-,14-,15-,17-/m1/s1. The number of ether oxygens (including phenoxy) is 1. The Balaban J connectivity index is 1.60. The monoisotopic (exact) mass is 439 g/mol. The normalized spacial score (nSPS) is 24.5. The van der Waals surface area contributed by atoms with Gasteiger partial charge in [0.25, 0.3) is 0 Å². The van der Waals surface area contributed by atoms with E-state index in [0.717, 1.165) is 5.56 Å². The third-order valence-electron chi connectivity index (χ3n) is 4.73. The van der Waals surface area contributed by atoms with Crippen molar-refractivity contribution < 1.29 is 31.9 Å². The average Bonchev–Trinajstić information content (AvgIpc) is 3.24. The molecule has 0 bridgehead atoms. The van der Waals surface area contributed by atoms with E-state index in [0.29, 0.717) is 23.3 Å². The van der Waals surface area contributed by atoms with Crippen molar-refractivity contribution in [3.05, 3.63) is 54.0 Å². The number of aromatic nitrogens is 4. The van der Waals surface area contributed by atoms with Crippen LogP contribution in [0, 0.1) is 5.82 Å². The first-order chi connectivity index (χ1) is 14.2. The van der Waals surface area contributed by atoms with Crippen LogP contribution in [-0.4, -0.2) is 63.1 Å². The molecule has 0 saturated carbocycles. The van der Waals surface area contributed by atoms with Gasteiger partial charge in [-0.1, -0.05) is 12.1 Å². The molecule has 3 heterocycles. The van der Waals surface area contributed by atoms with Crippen LogP contribution in [0.3, 0.4) is 0 Å². The Morgan fingerprint density at radius 2 is 1.90 bits per heavy atom. The minimum atomic E-state index is -4.23. The van der Waals surface area contributed by atoms with Crippen molar-refractivity contribution >= 4 is 21.5 Å². The Labute approximate surface area is 170 Å². The van der Waals surface area contributed by atoms with Crippen molar-refractivity contribution in [2.45, 2.75) is 31.0 Å². The fraction of sp³-hybridized carbons (Fsp3) is 0.353. The van der Waals surface area contributed by atoms with E-state index in [1.165, 1.54) is 29.4 Å². The van der Waals surface area contributed by atoms with Crippen LogP contribution >= 0.6 is 0 Å². The molecule has 1 aliphatic heterocycles. The Morgan fingerprint density at radius 1 is 1.17 bits per heavy atom. The maximum absolute atomic E-state index is 13.1. The number of halogens is 1. The molecule has 30 heavy (non-hydrogen) atoms. The highest BCUT2D eigenvalue weighted by molar-refractivity contribution is 7.84. The van der Waals surface area contributed by atoms with Crippen molar-refractivity contribution in [1.29, 1.82) is 0 Å².